The molecule has 11 rings (SSSR count). The van der Waals surface area contributed by atoms with Crippen LogP contribution in [0.2, 0.25) is 0 Å². The molecule has 1 heteroatoms. The summed E-state index contributed by atoms with van der Waals surface area (Å²) in [7, 11) is 0. The first-order valence-corrected chi connectivity index (χ1v) is 19.8. The van der Waals surface area contributed by atoms with Gasteiger partial charge in [0.15, 0.2) is 0 Å². The van der Waals surface area contributed by atoms with E-state index in [1.807, 2.05) is 0 Å². The van der Waals surface area contributed by atoms with Gasteiger partial charge in [0.25, 0.3) is 0 Å². The lowest BCUT2D eigenvalue weighted by molar-refractivity contribution is 0.222. The summed E-state index contributed by atoms with van der Waals surface area (Å²) in [5.74, 6) is 1.06. The van der Waals surface area contributed by atoms with E-state index in [9.17, 15) is 0 Å². The average molecular weight is 727 g/mol. The molecule has 2 unspecified atom stereocenters. The van der Waals surface area contributed by atoms with E-state index >= 15 is 0 Å². The van der Waals surface area contributed by atoms with E-state index in [2.05, 4.69) is 218 Å². The van der Waals surface area contributed by atoms with E-state index in [0.717, 1.165) is 5.75 Å². The summed E-state index contributed by atoms with van der Waals surface area (Å²) in [5, 5.41) is 7.53. The predicted molar refractivity (Wildman–Crippen MR) is 239 cm³/mol. The van der Waals surface area contributed by atoms with E-state index < -0.39 is 0 Å². The van der Waals surface area contributed by atoms with Crippen molar-refractivity contribution in [3.63, 3.8) is 0 Å². The molecule has 268 valence electrons. The lowest BCUT2D eigenvalue weighted by Gasteiger charge is -2.20. The highest BCUT2D eigenvalue weighted by molar-refractivity contribution is 6.21. The van der Waals surface area contributed by atoms with Crippen LogP contribution in [0.15, 0.2) is 218 Å². The second-order valence-electron chi connectivity index (χ2n) is 15.2. The van der Waals surface area contributed by atoms with Crippen LogP contribution in [0.25, 0.3) is 76.8 Å². The zero-order valence-electron chi connectivity index (χ0n) is 31.3. The summed E-state index contributed by atoms with van der Waals surface area (Å²) in [4.78, 5) is 0. The topological polar surface area (TPSA) is 9.23 Å². The average Bonchev–Trinajstić information content (AvgIpc) is 3.68. The minimum Gasteiger partial charge on any atom is -0.484 e. The number of rotatable bonds is 6. The van der Waals surface area contributed by atoms with Crippen molar-refractivity contribution < 1.29 is 4.74 Å². The lowest BCUT2D eigenvalue weighted by Crippen LogP contribution is -2.11. The molecule has 0 N–H and O–H groups in total. The Labute approximate surface area is 333 Å². The van der Waals surface area contributed by atoms with E-state index in [4.69, 9.17) is 4.74 Å². The van der Waals surface area contributed by atoms with E-state index in [1.165, 1.54) is 93.5 Å². The molecule has 1 aliphatic rings. The van der Waals surface area contributed by atoms with Crippen LogP contribution in [-0.4, -0.2) is 0 Å². The third-order valence-corrected chi connectivity index (χ3v) is 11.9. The van der Waals surface area contributed by atoms with Crippen LogP contribution in [0.1, 0.15) is 28.7 Å². The summed E-state index contributed by atoms with van der Waals surface area (Å²) in [6, 6.07) is 79.5. The second-order valence-corrected chi connectivity index (χ2v) is 15.2. The lowest BCUT2D eigenvalue weighted by atomic mass is 9.84. The predicted octanol–water partition coefficient (Wildman–Crippen LogP) is 15.1. The van der Waals surface area contributed by atoms with Crippen molar-refractivity contribution >= 4 is 32.3 Å². The van der Waals surface area contributed by atoms with Gasteiger partial charge in [0.2, 0.25) is 0 Å². The fourth-order valence-electron chi connectivity index (χ4n) is 9.17. The Morgan fingerprint density at radius 2 is 0.789 bits per heavy atom. The van der Waals surface area contributed by atoms with Crippen molar-refractivity contribution in [3.05, 3.63) is 235 Å². The minimum atomic E-state index is -0.0769. The molecule has 0 fully saturated rings. The highest BCUT2D eigenvalue weighted by Gasteiger charge is 2.36. The summed E-state index contributed by atoms with van der Waals surface area (Å²) in [5.41, 5.74) is 13.5. The quantitative estimate of drug-likeness (QED) is 0.155. The maximum absolute atomic E-state index is 6.70. The summed E-state index contributed by atoms with van der Waals surface area (Å²) in [6.07, 6.45) is -0.0769. The number of ether oxygens (including phenoxy) is 1. The van der Waals surface area contributed by atoms with Crippen molar-refractivity contribution in [2.75, 3.05) is 0 Å². The fourth-order valence-corrected chi connectivity index (χ4v) is 9.17. The first kappa shape index (κ1) is 33.1. The maximum Gasteiger partial charge on any atom is 0.135 e. The Bertz CT molecular complexity index is 3030. The molecule has 0 aliphatic carbocycles. The van der Waals surface area contributed by atoms with Gasteiger partial charge in [-0.25, -0.2) is 0 Å². The standard InChI is InChI=1S/C56H38O/c1-3-15-39(16-4-1)55-51-36-45(32-33-52(51)57-56(55)41-17-5-2-6-18-41)38-26-29-40(30-27-38)53-47-22-9-11-24-49(47)54(50-25-12-10-23-48(50)53)46-21-13-20-43(35-46)44-31-28-37-14-7-8-19-42(37)34-44/h1-36,55-56H. The summed E-state index contributed by atoms with van der Waals surface area (Å²) >= 11 is 0. The third kappa shape index (κ3) is 5.79. The second kappa shape index (κ2) is 13.8. The van der Waals surface area contributed by atoms with Gasteiger partial charge in [0.05, 0.1) is 5.92 Å². The largest absolute Gasteiger partial charge is 0.484 e. The van der Waals surface area contributed by atoms with Crippen LogP contribution in [-0.2, 0) is 0 Å². The first-order valence-electron chi connectivity index (χ1n) is 19.8. The molecule has 0 radical (unpaired) electrons. The van der Waals surface area contributed by atoms with Gasteiger partial charge in [-0.05, 0) is 112 Å². The third-order valence-electron chi connectivity index (χ3n) is 11.9. The van der Waals surface area contributed by atoms with Crippen molar-refractivity contribution in [1.82, 2.24) is 0 Å². The van der Waals surface area contributed by atoms with E-state index in [-0.39, 0.29) is 12.0 Å². The molecule has 10 aromatic carbocycles. The Morgan fingerprint density at radius 1 is 0.298 bits per heavy atom. The molecular formula is C56H38O. The van der Waals surface area contributed by atoms with Crippen LogP contribution >= 0.6 is 0 Å². The minimum absolute atomic E-state index is 0.0769. The molecule has 1 heterocycles. The smallest absolute Gasteiger partial charge is 0.135 e. The Morgan fingerprint density at radius 3 is 1.47 bits per heavy atom. The van der Waals surface area contributed by atoms with Crippen molar-refractivity contribution in [2.24, 2.45) is 0 Å². The van der Waals surface area contributed by atoms with Crippen molar-refractivity contribution in [2.45, 2.75) is 12.0 Å². The molecule has 0 saturated carbocycles. The SMILES string of the molecule is c1ccc(C2Oc3ccc(-c4ccc(-c5c6ccccc6c(-c6cccc(-c7ccc8ccccc8c7)c6)c6ccccc56)cc4)cc3C2c2ccccc2)cc1. The molecule has 57 heavy (non-hydrogen) atoms. The van der Waals surface area contributed by atoms with Crippen molar-refractivity contribution in [1.29, 1.82) is 0 Å². The van der Waals surface area contributed by atoms with Gasteiger partial charge in [-0.3, -0.25) is 0 Å². The number of hydrogen-bond acceptors (Lipinski definition) is 1. The number of fused-ring (bicyclic) bond motifs is 4. The molecular weight excluding hydrogens is 689 g/mol. The number of benzene rings is 10. The molecule has 1 aliphatic heterocycles. The van der Waals surface area contributed by atoms with Gasteiger partial charge in [-0.15, -0.1) is 0 Å². The van der Waals surface area contributed by atoms with Crippen LogP contribution in [0.3, 0.4) is 0 Å². The Kier molecular flexibility index (Phi) is 8.03. The molecule has 10 aromatic rings. The van der Waals surface area contributed by atoms with Crippen LogP contribution < -0.4 is 4.74 Å². The highest BCUT2D eigenvalue weighted by atomic mass is 16.5. The van der Waals surface area contributed by atoms with Gasteiger partial charge in [0, 0.05) is 5.56 Å². The molecule has 2 atom stereocenters. The van der Waals surface area contributed by atoms with E-state index in [0.29, 0.717) is 0 Å². The van der Waals surface area contributed by atoms with Gasteiger partial charge in [0.1, 0.15) is 11.9 Å². The fraction of sp³-hybridized carbons (Fsp3) is 0.0357. The zero-order chi connectivity index (χ0) is 37.7. The van der Waals surface area contributed by atoms with Gasteiger partial charge in [-0.1, -0.05) is 194 Å². The van der Waals surface area contributed by atoms with Crippen LogP contribution in [0.4, 0.5) is 0 Å². The van der Waals surface area contributed by atoms with E-state index in [1.54, 1.807) is 0 Å². The molecule has 0 spiro atoms. The van der Waals surface area contributed by atoms with Crippen LogP contribution in [0, 0.1) is 0 Å². The molecule has 0 saturated heterocycles. The summed E-state index contributed by atoms with van der Waals surface area (Å²) in [6.45, 7) is 0. The van der Waals surface area contributed by atoms with Gasteiger partial charge < -0.3 is 4.74 Å². The molecule has 0 amide bonds. The van der Waals surface area contributed by atoms with Gasteiger partial charge in [-0.2, -0.15) is 0 Å². The first-order chi connectivity index (χ1) is 28.3. The molecule has 0 aromatic heterocycles. The summed E-state index contributed by atoms with van der Waals surface area (Å²) < 4.78 is 6.70. The van der Waals surface area contributed by atoms with Crippen molar-refractivity contribution in [3.8, 4) is 50.3 Å². The molecule has 0 bridgehead atoms. The highest BCUT2D eigenvalue weighted by Crippen LogP contribution is 2.51. The van der Waals surface area contributed by atoms with Gasteiger partial charge >= 0.3 is 0 Å². The Hall–Kier alpha value is -7.22. The molecule has 1 nitrogen and oxygen atoms in total. The number of hydrogen-bond donors (Lipinski definition) is 0. The maximum atomic E-state index is 6.70. The zero-order valence-corrected chi connectivity index (χ0v) is 31.3. The van der Waals surface area contributed by atoms with Crippen LogP contribution in [0.5, 0.6) is 5.75 Å². The Balaban J connectivity index is 0.998. The normalized spacial score (nSPS) is 14.8. The monoisotopic (exact) mass is 726 g/mol.